The Morgan fingerprint density at radius 1 is 1.38 bits per heavy atom. The van der Waals surface area contributed by atoms with Crippen molar-refractivity contribution < 1.29 is 0 Å². The second kappa shape index (κ2) is 6.17. The van der Waals surface area contributed by atoms with E-state index in [4.69, 9.17) is 11.6 Å². The Labute approximate surface area is 134 Å². The quantitative estimate of drug-likeness (QED) is 0.479. The first-order valence-corrected chi connectivity index (χ1v) is 8.46. The molecule has 2 aromatic heterocycles. The van der Waals surface area contributed by atoms with E-state index >= 15 is 0 Å². The highest BCUT2D eigenvalue weighted by Gasteiger charge is 2.19. The third-order valence-corrected chi connectivity index (χ3v) is 5.38. The van der Waals surface area contributed by atoms with E-state index in [9.17, 15) is 0 Å². The molecular weight excluding hydrogens is 298 g/mol. The summed E-state index contributed by atoms with van der Waals surface area (Å²) in [6, 6.07) is 5.97. The molecule has 0 aliphatic heterocycles. The summed E-state index contributed by atoms with van der Waals surface area (Å²) in [6.07, 6.45) is 10.6. The summed E-state index contributed by atoms with van der Waals surface area (Å²) in [4.78, 5) is 6.47. The van der Waals surface area contributed by atoms with Crippen molar-refractivity contribution in [2.45, 2.75) is 26.2 Å². The standard InChI is InChI=1S/C18H18ClNS/c1-3-13(14-5-4-6-14)8-7-12(2)16-11-15-9-10-17(19)20-18(15)21-16/h3,7-11,14H,2,4-6H2,1H3/b8-7-,13-3+. The molecule has 0 radical (unpaired) electrons. The Balaban J connectivity index is 1.80. The summed E-state index contributed by atoms with van der Waals surface area (Å²) in [5, 5.41) is 1.66. The van der Waals surface area contributed by atoms with Crippen LogP contribution in [0.2, 0.25) is 5.15 Å². The molecule has 0 saturated heterocycles. The molecule has 3 rings (SSSR count). The van der Waals surface area contributed by atoms with E-state index in [1.54, 1.807) is 11.3 Å². The van der Waals surface area contributed by atoms with E-state index in [-0.39, 0.29) is 0 Å². The predicted molar refractivity (Wildman–Crippen MR) is 93.9 cm³/mol. The highest BCUT2D eigenvalue weighted by molar-refractivity contribution is 7.19. The van der Waals surface area contributed by atoms with Gasteiger partial charge in [0.1, 0.15) is 9.98 Å². The maximum atomic E-state index is 5.94. The highest BCUT2D eigenvalue weighted by atomic mass is 35.5. The molecule has 1 aliphatic carbocycles. The first-order chi connectivity index (χ1) is 10.2. The second-order valence-corrected chi connectivity index (χ2v) is 6.83. The van der Waals surface area contributed by atoms with Crippen molar-refractivity contribution in [1.29, 1.82) is 0 Å². The van der Waals surface area contributed by atoms with E-state index in [0.717, 1.165) is 26.6 Å². The van der Waals surface area contributed by atoms with Gasteiger partial charge < -0.3 is 0 Å². The summed E-state index contributed by atoms with van der Waals surface area (Å²) >= 11 is 7.58. The van der Waals surface area contributed by atoms with E-state index < -0.39 is 0 Å². The van der Waals surface area contributed by atoms with E-state index in [1.807, 2.05) is 12.1 Å². The van der Waals surface area contributed by atoms with Crippen LogP contribution in [0.5, 0.6) is 0 Å². The molecule has 1 saturated carbocycles. The van der Waals surface area contributed by atoms with Gasteiger partial charge in [-0.3, -0.25) is 0 Å². The van der Waals surface area contributed by atoms with Crippen LogP contribution in [0.25, 0.3) is 15.8 Å². The molecule has 0 amide bonds. The maximum Gasteiger partial charge on any atom is 0.130 e. The molecular formula is C18H18ClNS. The third kappa shape index (κ3) is 3.12. The summed E-state index contributed by atoms with van der Waals surface area (Å²) in [6.45, 7) is 6.30. The van der Waals surface area contributed by atoms with Gasteiger partial charge in [0.15, 0.2) is 0 Å². The lowest BCUT2D eigenvalue weighted by molar-refractivity contribution is 0.374. The molecule has 1 fully saturated rings. The molecule has 21 heavy (non-hydrogen) atoms. The Morgan fingerprint density at radius 3 is 2.86 bits per heavy atom. The number of fused-ring (bicyclic) bond motifs is 1. The second-order valence-electron chi connectivity index (χ2n) is 5.41. The van der Waals surface area contributed by atoms with Crippen molar-refractivity contribution in [3.63, 3.8) is 0 Å². The van der Waals surface area contributed by atoms with Crippen LogP contribution in [-0.2, 0) is 0 Å². The van der Waals surface area contributed by atoms with Gasteiger partial charge in [-0.25, -0.2) is 4.98 Å². The smallest absolute Gasteiger partial charge is 0.130 e. The fraction of sp³-hybridized carbons (Fsp3) is 0.278. The minimum Gasteiger partial charge on any atom is -0.225 e. The van der Waals surface area contributed by atoms with Crippen LogP contribution in [0.15, 0.2) is 48.6 Å². The number of thiophene rings is 1. The van der Waals surface area contributed by atoms with Crippen molar-refractivity contribution in [2.75, 3.05) is 0 Å². The number of hydrogen-bond donors (Lipinski definition) is 0. The average Bonchev–Trinajstić information content (AvgIpc) is 2.83. The van der Waals surface area contributed by atoms with Gasteiger partial charge in [0.05, 0.1) is 0 Å². The lowest BCUT2D eigenvalue weighted by atomic mass is 9.79. The van der Waals surface area contributed by atoms with Crippen molar-refractivity contribution in [1.82, 2.24) is 4.98 Å². The topological polar surface area (TPSA) is 12.9 Å². The number of nitrogens with zero attached hydrogens (tertiary/aromatic N) is 1. The van der Waals surface area contributed by atoms with Gasteiger partial charge in [-0.2, -0.15) is 0 Å². The Morgan fingerprint density at radius 2 is 2.19 bits per heavy atom. The highest BCUT2D eigenvalue weighted by Crippen LogP contribution is 2.35. The van der Waals surface area contributed by atoms with E-state index in [1.165, 1.54) is 24.8 Å². The average molecular weight is 316 g/mol. The van der Waals surface area contributed by atoms with Gasteiger partial charge in [-0.05, 0) is 55.0 Å². The zero-order chi connectivity index (χ0) is 14.8. The van der Waals surface area contributed by atoms with Crippen LogP contribution in [0.3, 0.4) is 0 Å². The number of allylic oxidation sites excluding steroid dienone is 5. The van der Waals surface area contributed by atoms with Crippen LogP contribution < -0.4 is 0 Å². The molecule has 0 aromatic carbocycles. The van der Waals surface area contributed by atoms with E-state index in [0.29, 0.717) is 5.15 Å². The minimum atomic E-state index is 0.540. The number of rotatable bonds is 4. The SMILES string of the molecule is C=C(/C=C\C(=C/C)C1CCC1)c1cc2ccc(Cl)nc2s1. The molecule has 1 aliphatic rings. The molecule has 0 N–H and O–H groups in total. The van der Waals surface area contributed by atoms with Gasteiger partial charge >= 0.3 is 0 Å². The predicted octanol–water partition coefficient (Wildman–Crippen LogP) is 6.27. The lowest BCUT2D eigenvalue weighted by Crippen LogP contribution is -2.12. The molecule has 3 heteroatoms. The fourth-order valence-electron chi connectivity index (χ4n) is 2.54. The molecule has 2 heterocycles. The molecule has 0 atom stereocenters. The van der Waals surface area contributed by atoms with Crippen molar-refractivity contribution in [2.24, 2.45) is 5.92 Å². The monoisotopic (exact) mass is 315 g/mol. The summed E-state index contributed by atoms with van der Waals surface area (Å²) in [5.74, 6) is 0.752. The first-order valence-electron chi connectivity index (χ1n) is 7.27. The number of aromatic nitrogens is 1. The Bertz CT molecular complexity index is 735. The van der Waals surface area contributed by atoms with Crippen LogP contribution in [0, 0.1) is 5.92 Å². The Hall–Kier alpha value is -1.38. The summed E-state index contributed by atoms with van der Waals surface area (Å²) in [7, 11) is 0. The van der Waals surface area contributed by atoms with Gasteiger partial charge in [0.25, 0.3) is 0 Å². The number of halogens is 1. The van der Waals surface area contributed by atoms with Crippen LogP contribution in [-0.4, -0.2) is 4.98 Å². The molecule has 0 bridgehead atoms. The number of hydrogen-bond acceptors (Lipinski definition) is 2. The minimum absolute atomic E-state index is 0.540. The lowest BCUT2D eigenvalue weighted by Gasteiger charge is -2.26. The van der Waals surface area contributed by atoms with Gasteiger partial charge in [0.2, 0.25) is 0 Å². The van der Waals surface area contributed by atoms with Gasteiger partial charge in [-0.15, -0.1) is 11.3 Å². The van der Waals surface area contributed by atoms with Crippen LogP contribution in [0.1, 0.15) is 31.1 Å². The fourth-order valence-corrected chi connectivity index (χ4v) is 3.72. The maximum absolute atomic E-state index is 5.94. The number of pyridine rings is 1. The van der Waals surface area contributed by atoms with Gasteiger partial charge in [0, 0.05) is 10.3 Å². The Kier molecular flexibility index (Phi) is 4.27. The summed E-state index contributed by atoms with van der Waals surface area (Å²) in [5.41, 5.74) is 2.47. The molecule has 108 valence electrons. The van der Waals surface area contributed by atoms with Crippen molar-refractivity contribution in [3.05, 3.63) is 58.6 Å². The van der Waals surface area contributed by atoms with Crippen LogP contribution >= 0.6 is 22.9 Å². The largest absolute Gasteiger partial charge is 0.225 e. The third-order valence-electron chi connectivity index (χ3n) is 4.05. The van der Waals surface area contributed by atoms with Gasteiger partial charge in [-0.1, -0.05) is 42.8 Å². The van der Waals surface area contributed by atoms with Crippen molar-refractivity contribution in [3.8, 4) is 0 Å². The molecule has 1 nitrogen and oxygen atoms in total. The van der Waals surface area contributed by atoms with E-state index in [2.05, 4.69) is 42.8 Å². The van der Waals surface area contributed by atoms with Crippen molar-refractivity contribution >= 4 is 38.7 Å². The molecule has 0 unspecified atom stereocenters. The molecule has 2 aromatic rings. The van der Waals surface area contributed by atoms with Crippen LogP contribution in [0.4, 0.5) is 0 Å². The zero-order valence-corrected chi connectivity index (χ0v) is 13.7. The zero-order valence-electron chi connectivity index (χ0n) is 12.1. The molecule has 0 spiro atoms. The first kappa shape index (κ1) is 14.6. The summed E-state index contributed by atoms with van der Waals surface area (Å²) < 4.78 is 0. The normalized spacial score (nSPS) is 16.6.